The van der Waals surface area contributed by atoms with Gasteiger partial charge in [0.1, 0.15) is 0 Å². The van der Waals surface area contributed by atoms with Gasteiger partial charge in [-0.3, -0.25) is 4.98 Å². The number of nitrogens with zero attached hydrogens (tertiary/aromatic N) is 2. The molecule has 2 rings (SSSR count). The number of benzene rings is 1. The van der Waals surface area contributed by atoms with E-state index in [1.807, 2.05) is 30.3 Å². The highest BCUT2D eigenvalue weighted by Gasteiger charge is 2.08. The molecule has 4 nitrogen and oxygen atoms in total. The topological polar surface area (TPSA) is 34.6 Å². The Morgan fingerprint density at radius 2 is 1.60 bits per heavy atom. The van der Waals surface area contributed by atoms with Gasteiger partial charge >= 0.3 is 0 Å². The number of hydrogen-bond acceptors (Lipinski definition) is 4. The first-order valence-corrected chi connectivity index (χ1v) is 6.71. The van der Waals surface area contributed by atoms with Crippen molar-refractivity contribution in [1.29, 1.82) is 0 Å². The van der Waals surface area contributed by atoms with Gasteiger partial charge in [0.05, 0.1) is 19.8 Å². The largest absolute Gasteiger partial charge is 0.382 e. The van der Waals surface area contributed by atoms with Crippen LogP contribution in [0.25, 0.3) is 0 Å². The number of ether oxygens (including phenoxy) is 2. The molecule has 0 N–H and O–H groups in total. The van der Waals surface area contributed by atoms with Crippen LogP contribution in [0.15, 0.2) is 54.9 Å². The first-order valence-electron chi connectivity index (χ1n) is 6.71. The Bertz CT molecular complexity index is 437. The molecule has 0 unspecified atom stereocenters. The number of rotatable bonds is 8. The number of hydrogen-bond donors (Lipinski definition) is 0. The second-order valence-corrected chi connectivity index (χ2v) is 4.30. The lowest BCUT2D eigenvalue weighted by Crippen LogP contribution is -2.23. The minimum Gasteiger partial charge on any atom is -0.382 e. The number of anilines is 2. The molecular formula is C16H20N2O2. The number of aromatic nitrogens is 1. The Morgan fingerprint density at radius 3 is 2.30 bits per heavy atom. The van der Waals surface area contributed by atoms with E-state index in [1.54, 1.807) is 19.5 Å². The second kappa shape index (κ2) is 8.30. The van der Waals surface area contributed by atoms with Gasteiger partial charge in [0, 0.05) is 37.4 Å². The molecule has 0 saturated carbocycles. The summed E-state index contributed by atoms with van der Waals surface area (Å²) < 4.78 is 10.5. The molecule has 0 saturated heterocycles. The fraction of sp³-hybridized carbons (Fsp3) is 0.312. The standard InChI is InChI=1S/C16H20N2O2/c1-19-13-14-20-12-11-18(15-5-3-2-4-6-15)16-7-9-17-10-8-16/h2-10H,11-14H2,1H3. The SMILES string of the molecule is COCCOCCN(c1ccccc1)c1ccncc1. The average molecular weight is 272 g/mol. The molecule has 4 heteroatoms. The van der Waals surface area contributed by atoms with E-state index in [2.05, 4.69) is 22.0 Å². The van der Waals surface area contributed by atoms with Gasteiger partial charge in [-0.15, -0.1) is 0 Å². The van der Waals surface area contributed by atoms with Gasteiger partial charge in [0.2, 0.25) is 0 Å². The van der Waals surface area contributed by atoms with E-state index in [0.29, 0.717) is 19.8 Å². The van der Waals surface area contributed by atoms with E-state index in [0.717, 1.165) is 17.9 Å². The molecule has 0 spiro atoms. The highest BCUT2D eigenvalue weighted by atomic mass is 16.5. The van der Waals surface area contributed by atoms with Gasteiger partial charge in [-0.1, -0.05) is 18.2 Å². The average Bonchev–Trinajstić information content (AvgIpc) is 2.53. The number of methoxy groups -OCH3 is 1. The highest BCUT2D eigenvalue weighted by molar-refractivity contribution is 5.62. The van der Waals surface area contributed by atoms with Gasteiger partial charge in [0.25, 0.3) is 0 Å². The van der Waals surface area contributed by atoms with Crippen LogP contribution in [-0.4, -0.2) is 38.5 Å². The van der Waals surface area contributed by atoms with E-state index < -0.39 is 0 Å². The van der Waals surface area contributed by atoms with Gasteiger partial charge in [-0.2, -0.15) is 0 Å². The predicted molar refractivity (Wildman–Crippen MR) is 80.4 cm³/mol. The summed E-state index contributed by atoms with van der Waals surface area (Å²) in [6.45, 7) is 2.69. The van der Waals surface area contributed by atoms with Crippen LogP contribution in [0.3, 0.4) is 0 Å². The summed E-state index contributed by atoms with van der Waals surface area (Å²) in [5.41, 5.74) is 2.26. The van der Waals surface area contributed by atoms with Crippen molar-refractivity contribution >= 4 is 11.4 Å². The number of pyridine rings is 1. The van der Waals surface area contributed by atoms with Crippen LogP contribution in [0.2, 0.25) is 0 Å². The molecule has 0 aliphatic heterocycles. The molecule has 0 aliphatic rings. The molecule has 0 bridgehead atoms. The fourth-order valence-electron chi connectivity index (χ4n) is 1.94. The van der Waals surface area contributed by atoms with Crippen molar-refractivity contribution in [2.45, 2.75) is 0 Å². The molecule has 1 aromatic carbocycles. The highest BCUT2D eigenvalue weighted by Crippen LogP contribution is 2.23. The molecule has 2 aromatic rings. The molecule has 1 aromatic heterocycles. The molecule has 0 atom stereocenters. The Kier molecular flexibility index (Phi) is 6.02. The summed E-state index contributed by atoms with van der Waals surface area (Å²) in [5.74, 6) is 0. The van der Waals surface area contributed by atoms with Crippen LogP contribution in [0.5, 0.6) is 0 Å². The maximum absolute atomic E-state index is 5.57. The Morgan fingerprint density at radius 1 is 0.900 bits per heavy atom. The van der Waals surface area contributed by atoms with Gasteiger partial charge in [-0.05, 0) is 24.3 Å². The molecule has 0 fully saturated rings. The van der Waals surface area contributed by atoms with Crippen LogP contribution < -0.4 is 4.90 Å². The van der Waals surface area contributed by atoms with Gasteiger partial charge in [0.15, 0.2) is 0 Å². The van der Waals surface area contributed by atoms with E-state index in [9.17, 15) is 0 Å². The Labute approximate surface area is 120 Å². The summed E-state index contributed by atoms with van der Waals surface area (Å²) >= 11 is 0. The summed E-state index contributed by atoms with van der Waals surface area (Å²) in [5, 5.41) is 0. The lowest BCUT2D eigenvalue weighted by molar-refractivity contribution is 0.0747. The first-order chi connectivity index (χ1) is 9.92. The van der Waals surface area contributed by atoms with Crippen LogP contribution in [0.4, 0.5) is 11.4 Å². The van der Waals surface area contributed by atoms with Crippen molar-refractivity contribution in [1.82, 2.24) is 4.98 Å². The van der Waals surface area contributed by atoms with Gasteiger partial charge < -0.3 is 14.4 Å². The van der Waals surface area contributed by atoms with E-state index >= 15 is 0 Å². The van der Waals surface area contributed by atoms with Crippen molar-refractivity contribution < 1.29 is 9.47 Å². The molecule has 1 heterocycles. The van der Waals surface area contributed by atoms with E-state index in [4.69, 9.17) is 9.47 Å². The maximum atomic E-state index is 5.57. The number of para-hydroxylation sites is 1. The maximum Gasteiger partial charge on any atom is 0.0701 e. The van der Waals surface area contributed by atoms with Crippen molar-refractivity contribution in [3.8, 4) is 0 Å². The molecule has 0 amide bonds. The second-order valence-electron chi connectivity index (χ2n) is 4.30. The zero-order valence-corrected chi connectivity index (χ0v) is 11.7. The minimum absolute atomic E-state index is 0.621. The van der Waals surface area contributed by atoms with Crippen LogP contribution in [0.1, 0.15) is 0 Å². The quantitative estimate of drug-likeness (QED) is 0.692. The lowest BCUT2D eigenvalue weighted by atomic mass is 10.2. The summed E-state index contributed by atoms with van der Waals surface area (Å²) in [6, 6.07) is 14.3. The Balaban J connectivity index is 2.02. The van der Waals surface area contributed by atoms with E-state index in [1.165, 1.54) is 0 Å². The zero-order chi connectivity index (χ0) is 14.0. The molecule has 0 radical (unpaired) electrons. The predicted octanol–water partition coefficient (Wildman–Crippen LogP) is 2.88. The normalized spacial score (nSPS) is 10.4. The smallest absolute Gasteiger partial charge is 0.0701 e. The minimum atomic E-state index is 0.621. The fourth-order valence-corrected chi connectivity index (χ4v) is 1.94. The third kappa shape index (κ3) is 4.33. The summed E-state index contributed by atoms with van der Waals surface area (Å²) in [6.07, 6.45) is 3.61. The third-order valence-electron chi connectivity index (χ3n) is 2.93. The molecule has 20 heavy (non-hydrogen) atoms. The van der Waals surface area contributed by atoms with Crippen molar-refractivity contribution in [3.05, 3.63) is 54.9 Å². The van der Waals surface area contributed by atoms with E-state index in [-0.39, 0.29) is 0 Å². The third-order valence-corrected chi connectivity index (χ3v) is 2.93. The molecule has 0 aliphatic carbocycles. The molecule has 106 valence electrons. The summed E-state index contributed by atoms with van der Waals surface area (Å²) in [7, 11) is 1.68. The summed E-state index contributed by atoms with van der Waals surface area (Å²) in [4.78, 5) is 6.28. The monoisotopic (exact) mass is 272 g/mol. The lowest BCUT2D eigenvalue weighted by Gasteiger charge is -2.24. The van der Waals surface area contributed by atoms with Crippen LogP contribution >= 0.6 is 0 Å². The van der Waals surface area contributed by atoms with Crippen molar-refractivity contribution in [3.63, 3.8) is 0 Å². The zero-order valence-electron chi connectivity index (χ0n) is 11.7. The van der Waals surface area contributed by atoms with Crippen molar-refractivity contribution in [2.75, 3.05) is 38.4 Å². The van der Waals surface area contributed by atoms with Crippen molar-refractivity contribution in [2.24, 2.45) is 0 Å². The Hall–Kier alpha value is -1.91. The first kappa shape index (κ1) is 14.5. The van der Waals surface area contributed by atoms with Crippen LogP contribution in [0, 0.1) is 0 Å². The van der Waals surface area contributed by atoms with Crippen LogP contribution in [-0.2, 0) is 9.47 Å². The van der Waals surface area contributed by atoms with Gasteiger partial charge in [-0.25, -0.2) is 0 Å². The molecular weight excluding hydrogens is 252 g/mol.